The van der Waals surface area contributed by atoms with Crippen molar-refractivity contribution in [2.24, 2.45) is 0 Å². The van der Waals surface area contributed by atoms with E-state index in [0.29, 0.717) is 23.0 Å². The number of benzene rings is 1. The van der Waals surface area contributed by atoms with E-state index in [1.807, 2.05) is 6.07 Å². The van der Waals surface area contributed by atoms with Crippen molar-refractivity contribution in [2.45, 2.75) is 19.5 Å². The van der Waals surface area contributed by atoms with Crippen LogP contribution in [0.2, 0.25) is 0 Å². The molecule has 4 rings (SSSR count). The number of aliphatic hydroxyl groups is 1. The van der Waals surface area contributed by atoms with Crippen molar-refractivity contribution in [1.29, 1.82) is 0 Å². The first-order valence-corrected chi connectivity index (χ1v) is 9.90. The number of carbonyl (C=O) groups excluding carboxylic acids is 2. The first-order valence-electron chi connectivity index (χ1n) is 9.90. The number of aromatic nitrogens is 1. The third kappa shape index (κ3) is 3.71. The number of amides is 1. The number of Topliss-reactive ketones (excluding diaryl/α,β-unsaturated/α-hetero) is 1. The summed E-state index contributed by atoms with van der Waals surface area (Å²) in [6.45, 7) is 1.89. The van der Waals surface area contributed by atoms with Crippen LogP contribution in [0.5, 0.6) is 11.5 Å². The zero-order valence-corrected chi connectivity index (χ0v) is 17.9. The van der Waals surface area contributed by atoms with E-state index >= 15 is 0 Å². The monoisotopic (exact) mass is 434 g/mol. The predicted molar refractivity (Wildman–Crippen MR) is 115 cm³/mol. The Morgan fingerprint density at radius 2 is 1.97 bits per heavy atom. The Morgan fingerprint density at radius 1 is 1.16 bits per heavy atom. The van der Waals surface area contributed by atoms with Crippen molar-refractivity contribution >= 4 is 17.4 Å². The van der Waals surface area contributed by atoms with Crippen LogP contribution in [-0.2, 0) is 16.1 Å². The molecule has 1 aromatic carbocycles. The van der Waals surface area contributed by atoms with Gasteiger partial charge in [-0.1, -0.05) is 6.07 Å². The Kier molecular flexibility index (Phi) is 5.68. The van der Waals surface area contributed by atoms with Gasteiger partial charge in [0, 0.05) is 18.9 Å². The maximum atomic E-state index is 13.1. The number of hydrogen-bond donors (Lipinski definition) is 1. The molecule has 1 atom stereocenters. The molecular weight excluding hydrogens is 412 g/mol. The van der Waals surface area contributed by atoms with Gasteiger partial charge in [0.2, 0.25) is 0 Å². The normalized spacial score (nSPS) is 17.6. The van der Waals surface area contributed by atoms with E-state index < -0.39 is 17.7 Å². The lowest BCUT2D eigenvalue weighted by Crippen LogP contribution is -2.29. The molecule has 3 heterocycles. The highest BCUT2D eigenvalue weighted by molar-refractivity contribution is 6.46. The second-order valence-electron chi connectivity index (χ2n) is 7.30. The summed E-state index contributed by atoms with van der Waals surface area (Å²) in [5, 5.41) is 11.3. The molecule has 1 N–H and O–H groups in total. The van der Waals surface area contributed by atoms with Crippen molar-refractivity contribution in [1.82, 2.24) is 9.88 Å². The van der Waals surface area contributed by atoms with Crippen molar-refractivity contribution < 1.29 is 28.6 Å². The number of ether oxygens (including phenoxy) is 2. The number of rotatable bonds is 6. The minimum atomic E-state index is -0.917. The largest absolute Gasteiger partial charge is 0.507 e. The lowest BCUT2D eigenvalue weighted by molar-refractivity contribution is -0.140. The number of pyridine rings is 1. The van der Waals surface area contributed by atoms with Crippen LogP contribution in [-0.4, -0.2) is 40.9 Å². The molecule has 2 aromatic heterocycles. The molecule has 0 radical (unpaired) electrons. The van der Waals surface area contributed by atoms with Crippen LogP contribution in [0.3, 0.4) is 0 Å². The van der Waals surface area contributed by atoms with E-state index in [1.54, 1.807) is 55.7 Å². The predicted octanol–water partition coefficient (Wildman–Crippen LogP) is 3.62. The Balaban J connectivity index is 1.89. The third-order valence-electron chi connectivity index (χ3n) is 5.31. The summed E-state index contributed by atoms with van der Waals surface area (Å²) in [5.74, 6) is -0.142. The van der Waals surface area contributed by atoms with Gasteiger partial charge in [0.05, 0.1) is 25.4 Å². The zero-order chi connectivity index (χ0) is 22.8. The second kappa shape index (κ2) is 8.58. The lowest BCUT2D eigenvalue weighted by Gasteiger charge is -2.23. The van der Waals surface area contributed by atoms with E-state index in [-0.39, 0.29) is 23.4 Å². The molecule has 1 aliphatic rings. The Bertz CT molecular complexity index is 1200. The van der Waals surface area contributed by atoms with Gasteiger partial charge in [0.25, 0.3) is 11.7 Å². The van der Waals surface area contributed by atoms with Gasteiger partial charge in [-0.25, -0.2) is 0 Å². The molecular formula is C24H22N2O6. The van der Waals surface area contributed by atoms with Crippen LogP contribution in [0, 0.1) is 6.92 Å². The number of ketones is 1. The molecule has 1 fully saturated rings. The van der Waals surface area contributed by atoms with Crippen LogP contribution in [0.1, 0.15) is 28.7 Å². The molecule has 1 saturated heterocycles. The molecule has 1 unspecified atom stereocenters. The van der Waals surface area contributed by atoms with Crippen molar-refractivity contribution in [3.63, 3.8) is 0 Å². The number of carbonyl (C=O) groups is 2. The fourth-order valence-electron chi connectivity index (χ4n) is 3.77. The number of furan rings is 1. The van der Waals surface area contributed by atoms with Crippen LogP contribution < -0.4 is 9.47 Å². The van der Waals surface area contributed by atoms with Gasteiger partial charge >= 0.3 is 0 Å². The molecule has 1 aliphatic heterocycles. The van der Waals surface area contributed by atoms with Crippen molar-refractivity contribution in [3.05, 3.63) is 83.1 Å². The molecule has 0 bridgehead atoms. The fourth-order valence-corrected chi connectivity index (χ4v) is 3.77. The second-order valence-corrected chi connectivity index (χ2v) is 7.30. The summed E-state index contributed by atoms with van der Waals surface area (Å²) in [4.78, 5) is 31.6. The summed E-state index contributed by atoms with van der Waals surface area (Å²) >= 11 is 0. The van der Waals surface area contributed by atoms with E-state index in [0.717, 1.165) is 5.56 Å². The third-order valence-corrected chi connectivity index (χ3v) is 5.31. The molecule has 0 saturated carbocycles. The summed E-state index contributed by atoms with van der Waals surface area (Å²) in [6, 6.07) is 10.9. The van der Waals surface area contributed by atoms with Gasteiger partial charge in [-0.3, -0.25) is 14.6 Å². The average molecular weight is 434 g/mol. The van der Waals surface area contributed by atoms with Gasteiger partial charge < -0.3 is 23.9 Å². The highest BCUT2D eigenvalue weighted by Gasteiger charge is 2.47. The summed E-state index contributed by atoms with van der Waals surface area (Å²) in [5.41, 5.74) is 0.890. The van der Waals surface area contributed by atoms with Gasteiger partial charge in [0.15, 0.2) is 0 Å². The lowest BCUT2D eigenvalue weighted by atomic mass is 9.98. The molecule has 32 heavy (non-hydrogen) atoms. The van der Waals surface area contributed by atoms with Gasteiger partial charge in [-0.2, -0.15) is 0 Å². The number of aliphatic hydroxyl groups excluding tert-OH is 1. The Morgan fingerprint density at radius 3 is 2.59 bits per heavy atom. The molecule has 0 spiro atoms. The topological polar surface area (TPSA) is 102 Å². The van der Waals surface area contributed by atoms with Crippen LogP contribution in [0.15, 0.2) is 64.8 Å². The summed E-state index contributed by atoms with van der Waals surface area (Å²) in [6.07, 6.45) is 3.24. The number of aryl methyl sites for hydroxylation is 1. The Hall–Kier alpha value is -4.07. The van der Waals surface area contributed by atoms with E-state index in [2.05, 4.69) is 4.98 Å². The SMILES string of the molecule is COc1ccc(OC)c(/C(O)=C2\C(=O)C(=O)N(Cc3cccnc3)C2c2ccc(C)o2)c1. The van der Waals surface area contributed by atoms with E-state index in [4.69, 9.17) is 13.9 Å². The summed E-state index contributed by atoms with van der Waals surface area (Å²) in [7, 11) is 2.94. The zero-order valence-electron chi connectivity index (χ0n) is 17.9. The fraction of sp³-hybridized carbons (Fsp3) is 0.208. The Labute approximate surface area is 184 Å². The standard InChI is InChI=1S/C24H22N2O6/c1-14-6-8-19(32-14)21-20(22(27)17-11-16(30-2)7-9-18(17)31-3)23(28)24(29)26(21)13-15-5-4-10-25-12-15/h4-12,21,27H,13H2,1-3H3/b22-20+. The number of methoxy groups -OCH3 is 2. The number of nitrogens with zero attached hydrogens (tertiary/aromatic N) is 2. The average Bonchev–Trinajstić information content (AvgIpc) is 3.35. The van der Waals surface area contributed by atoms with Crippen LogP contribution >= 0.6 is 0 Å². The van der Waals surface area contributed by atoms with Gasteiger partial charge in [-0.05, 0) is 48.9 Å². The molecule has 0 aliphatic carbocycles. The van der Waals surface area contributed by atoms with Gasteiger partial charge in [-0.15, -0.1) is 0 Å². The molecule has 1 amide bonds. The maximum absolute atomic E-state index is 13.1. The van der Waals surface area contributed by atoms with E-state index in [9.17, 15) is 14.7 Å². The number of likely N-dealkylation sites (tertiary alicyclic amines) is 1. The molecule has 164 valence electrons. The first-order chi connectivity index (χ1) is 15.4. The minimum Gasteiger partial charge on any atom is -0.507 e. The van der Waals surface area contributed by atoms with Crippen LogP contribution in [0.4, 0.5) is 0 Å². The van der Waals surface area contributed by atoms with Crippen molar-refractivity contribution in [2.75, 3.05) is 14.2 Å². The molecule has 8 nitrogen and oxygen atoms in total. The van der Waals surface area contributed by atoms with E-state index in [1.165, 1.54) is 19.1 Å². The first kappa shape index (κ1) is 21.2. The maximum Gasteiger partial charge on any atom is 0.296 e. The minimum absolute atomic E-state index is 0.0835. The highest BCUT2D eigenvalue weighted by atomic mass is 16.5. The van der Waals surface area contributed by atoms with Gasteiger partial charge in [0.1, 0.15) is 34.8 Å². The molecule has 3 aromatic rings. The van der Waals surface area contributed by atoms with Crippen LogP contribution in [0.25, 0.3) is 5.76 Å². The number of hydrogen-bond acceptors (Lipinski definition) is 7. The smallest absolute Gasteiger partial charge is 0.296 e. The quantitative estimate of drug-likeness (QED) is 0.359. The highest BCUT2D eigenvalue weighted by Crippen LogP contribution is 2.42. The molecule has 8 heteroatoms. The summed E-state index contributed by atoms with van der Waals surface area (Å²) < 4.78 is 16.4. The van der Waals surface area contributed by atoms with Crippen molar-refractivity contribution in [3.8, 4) is 11.5 Å².